The minimum Gasteiger partial charge on any atom is -0.486 e. The van der Waals surface area contributed by atoms with Gasteiger partial charge in [0, 0.05) is 19.3 Å². The van der Waals surface area contributed by atoms with Crippen LogP contribution in [-0.2, 0) is 21.1 Å². The maximum absolute atomic E-state index is 12.5. The van der Waals surface area contributed by atoms with Gasteiger partial charge in [-0.1, -0.05) is 6.07 Å². The molecule has 0 spiro atoms. The van der Waals surface area contributed by atoms with Gasteiger partial charge in [0.25, 0.3) is 0 Å². The van der Waals surface area contributed by atoms with E-state index >= 15 is 0 Å². The highest BCUT2D eigenvalue weighted by atomic mass is 32.2. The lowest BCUT2D eigenvalue weighted by atomic mass is 10.1. The normalized spacial score (nSPS) is 21.2. The third-order valence-electron chi connectivity index (χ3n) is 4.60. The van der Waals surface area contributed by atoms with Crippen LogP contribution in [0.1, 0.15) is 24.8 Å². The van der Waals surface area contributed by atoms with Crippen LogP contribution < -0.4 is 9.47 Å². The summed E-state index contributed by atoms with van der Waals surface area (Å²) in [6.07, 6.45) is 3.45. The lowest BCUT2D eigenvalue weighted by Crippen LogP contribution is -2.33. The van der Waals surface area contributed by atoms with E-state index in [1.54, 1.807) is 4.90 Å². The first kappa shape index (κ1) is 17.1. The summed E-state index contributed by atoms with van der Waals surface area (Å²) >= 11 is 0. The predicted molar refractivity (Wildman–Crippen MR) is 90.2 cm³/mol. The summed E-state index contributed by atoms with van der Waals surface area (Å²) in [6.45, 7) is 2.18. The van der Waals surface area contributed by atoms with Gasteiger partial charge in [0.1, 0.15) is 23.1 Å². The number of sulfone groups is 1. The van der Waals surface area contributed by atoms with Crippen LogP contribution in [0.15, 0.2) is 18.2 Å². The number of hydrogen-bond donors (Lipinski definition) is 0. The Kier molecular flexibility index (Phi) is 4.99. The van der Waals surface area contributed by atoms with Gasteiger partial charge >= 0.3 is 0 Å². The molecule has 2 heterocycles. The summed E-state index contributed by atoms with van der Waals surface area (Å²) in [4.78, 5) is 14.3. The fourth-order valence-electron chi connectivity index (χ4n) is 3.23. The Morgan fingerprint density at radius 1 is 1.17 bits per heavy atom. The van der Waals surface area contributed by atoms with Crippen molar-refractivity contribution in [2.75, 3.05) is 32.6 Å². The number of fused-ring (bicyclic) bond motifs is 1. The molecule has 3 rings (SSSR count). The number of likely N-dealkylation sites (tertiary alicyclic amines) is 1. The van der Waals surface area contributed by atoms with Crippen LogP contribution in [-0.4, -0.2) is 57.0 Å². The topological polar surface area (TPSA) is 72.9 Å². The van der Waals surface area contributed by atoms with Gasteiger partial charge in [0.05, 0.1) is 11.7 Å². The van der Waals surface area contributed by atoms with Crippen LogP contribution in [0.2, 0.25) is 0 Å². The van der Waals surface area contributed by atoms with Crippen molar-refractivity contribution in [2.45, 2.75) is 30.9 Å². The van der Waals surface area contributed by atoms with Gasteiger partial charge in [-0.15, -0.1) is 0 Å². The van der Waals surface area contributed by atoms with Gasteiger partial charge in [0.2, 0.25) is 5.91 Å². The Morgan fingerprint density at radius 2 is 1.92 bits per heavy atom. The van der Waals surface area contributed by atoms with Crippen molar-refractivity contribution in [3.8, 4) is 11.5 Å². The zero-order chi connectivity index (χ0) is 17.2. The quantitative estimate of drug-likeness (QED) is 0.822. The largest absolute Gasteiger partial charge is 0.486 e. The Morgan fingerprint density at radius 3 is 2.67 bits per heavy atom. The van der Waals surface area contributed by atoms with Gasteiger partial charge in [-0.05, 0) is 37.0 Å². The van der Waals surface area contributed by atoms with Crippen molar-refractivity contribution in [3.63, 3.8) is 0 Å². The molecular formula is C17H23NO5S. The average Bonchev–Trinajstić information content (AvgIpc) is 2.80. The van der Waals surface area contributed by atoms with E-state index in [1.165, 1.54) is 6.26 Å². The van der Waals surface area contributed by atoms with E-state index in [9.17, 15) is 13.2 Å². The van der Waals surface area contributed by atoms with Crippen molar-refractivity contribution in [1.29, 1.82) is 0 Å². The summed E-state index contributed by atoms with van der Waals surface area (Å²) < 4.78 is 34.5. The highest BCUT2D eigenvalue weighted by molar-refractivity contribution is 7.91. The highest BCUT2D eigenvalue weighted by Crippen LogP contribution is 2.31. The number of carbonyl (C=O) groups is 1. The van der Waals surface area contributed by atoms with E-state index in [4.69, 9.17) is 9.47 Å². The third-order valence-corrected chi connectivity index (χ3v) is 6.28. The molecule has 1 fully saturated rings. The summed E-state index contributed by atoms with van der Waals surface area (Å²) in [5.41, 5.74) is 0.883. The van der Waals surface area contributed by atoms with Crippen LogP contribution in [0.3, 0.4) is 0 Å². The molecule has 6 nitrogen and oxygen atoms in total. The fraction of sp³-hybridized carbons (Fsp3) is 0.588. The standard InChI is InChI=1S/C17H23NO5S/c1-24(20,21)14-3-2-7-18(8-6-14)17(19)12-13-4-5-15-16(11-13)23-10-9-22-15/h4-5,11,14H,2-3,6-10,12H2,1H3. The maximum atomic E-state index is 12.5. The maximum Gasteiger partial charge on any atom is 0.226 e. The molecule has 2 aliphatic heterocycles. The lowest BCUT2D eigenvalue weighted by Gasteiger charge is -2.22. The van der Waals surface area contributed by atoms with Gasteiger partial charge in [-0.3, -0.25) is 4.79 Å². The molecule has 0 saturated carbocycles. The van der Waals surface area contributed by atoms with Crippen molar-refractivity contribution in [2.24, 2.45) is 0 Å². The highest BCUT2D eigenvalue weighted by Gasteiger charge is 2.26. The second-order valence-corrected chi connectivity index (χ2v) is 8.74. The van der Waals surface area contributed by atoms with Crippen LogP contribution in [0.4, 0.5) is 0 Å². The first-order valence-corrected chi connectivity index (χ1v) is 10.2. The number of nitrogens with zero attached hydrogens (tertiary/aromatic N) is 1. The second-order valence-electron chi connectivity index (χ2n) is 6.42. The lowest BCUT2D eigenvalue weighted by molar-refractivity contribution is -0.130. The van der Waals surface area contributed by atoms with Gasteiger partial charge in [-0.2, -0.15) is 0 Å². The minimum atomic E-state index is -3.04. The van der Waals surface area contributed by atoms with Gasteiger partial charge < -0.3 is 14.4 Å². The Balaban J connectivity index is 1.63. The zero-order valence-electron chi connectivity index (χ0n) is 13.9. The van der Waals surface area contributed by atoms with E-state index < -0.39 is 9.84 Å². The number of amides is 1. The minimum absolute atomic E-state index is 0.0285. The number of ether oxygens (including phenoxy) is 2. The predicted octanol–water partition coefficient (Wildman–Crippen LogP) is 1.43. The second kappa shape index (κ2) is 7.01. The SMILES string of the molecule is CS(=O)(=O)C1CCCN(C(=O)Cc2ccc3c(c2)OCCO3)CC1. The number of hydrogen-bond acceptors (Lipinski definition) is 5. The zero-order valence-corrected chi connectivity index (χ0v) is 14.7. The molecule has 1 amide bonds. The van der Waals surface area contributed by atoms with Crippen molar-refractivity contribution in [3.05, 3.63) is 23.8 Å². The molecule has 1 atom stereocenters. The van der Waals surface area contributed by atoms with E-state index in [0.29, 0.717) is 57.1 Å². The summed E-state index contributed by atoms with van der Waals surface area (Å²) in [5.74, 6) is 1.42. The molecule has 132 valence electrons. The van der Waals surface area contributed by atoms with Crippen molar-refractivity contribution >= 4 is 15.7 Å². The molecule has 0 aromatic heterocycles. The van der Waals surface area contributed by atoms with Crippen LogP contribution in [0, 0.1) is 0 Å². The van der Waals surface area contributed by atoms with E-state index in [1.807, 2.05) is 18.2 Å². The van der Waals surface area contributed by atoms with Crippen molar-refractivity contribution < 1.29 is 22.7 Å². The smallest absolute Gasteiger partial charge is 0.226 e. The van der Waals surface area contributed by atoms with Crippen LogP contribution >= 0.6 is 0 Å². The Labute approximate surface area is 142 Å². The molecule has 24 heavy (non-hydrogen) atoms. The molecule has 2 aliphatic rings. The fourth-order valence-corrected chi connectivity index (χ4v) is 4.36. The number of rotatable bonds is 3. The molecule has 1 aromatic rings. The van der Waals surface area contributed by atoms with E-state index in [0.717, 1.165) is 12.0 Å². The van der Waals surface area contributed by atoms with Gasteiger partial charge in [0.15, 0.2) is 11.5 Å². The first-order chi connectivity index (χ1) is 11.4. The summed E-state index contributed by atoms with van der Waals surface area (Å²) in [7, 11) is -3.04. The molecule has 0 aliphatic carbocycles. The van der Waals surface area contributed by atoms with E-state index in [-0.39, 0.29) is 11.2 Å². The summed E-state index contributed by atoms with van der Waals surface area (Å²) in [6, 6.07) is 5.56. The molecule has 1 saturated heterocycles. The molecule has 1 unspecified atom stereocenters. The molecule has 7 heteroatoms. The molecular weight excluding hydrogens is 330 g/mol. The van der Waals surface area contributed by atoms with Crippen LogP contribution in [0.5, 0.6) is 11.5 Å². The van der Waals surface area contributed by atoms with E-state index in [2.05, 4.69) is 0 Å². The molecule has 0 radical (unpaired) electrons. The summed E-state index contributed by atoms with van der Waals surface area (Å²) in [5, 5.41) is -0.329. The number of carbonyl (C=O) groups excluding carboxylic acids is 1. The Hall–Kier alpha value is -1.76. The Bertz CT molecular complexity index is 716. The number of benzene rings is 1. The molecule has 0 N–H and O–H groups in total. The molecule has 0 bridgehead atoms. The van der Waals surface area contributed by atoms with Crippen LogP contribution in [0.25, 0.3) is 0 Å². The van der Waals surface area contributed by atoms with Crippen molar-refractivity contribution in [1.82, 2.24) is 4.90 Å². The molecule has 1 aromatic carbocycles. The third kappa shape index (κ3) is 4.01. The van der Waals surface area contributed by atoms with Gasteiger partial charge in [-0.25, -0.2) is 8.42 Å². The monoisotopic (exact) mass is 353 g/mol. The average molecular weight is 353 g/mol. The first-order valence-electron chi connectivity index (χ1n) is 8.28.